The molecule has 4 atom stereocenters. The average Bonchev–Trinajstić information content (AvgIpc) is 2.61. The minimum absolute atomic E-state index is 0.150. The first-order valence-electron chi connectivity index (χ1n) is 5.09. The number of aromatic amines is 1. The van der Waals surface area contributed by atoms with Crippen LogP contribution in [0, 0.1) is 0 Å². The Hall–Kier alpha value is -0.610. The molecule has 0 amide bonds. The Morgan fingerprint density at radius 2 is 2.06 bits per heavy atom. The fourth-order valence-electron chi connectivity index (χ4n) is 1.76. The van der Waals surface area contributed by atoms with E-state index in [4.69, 9.17) is 5.11 Å². The standard InChI is InChI=1S/C9H11BrN2O5S/c10-3-1-12(9(17)11-7(3)16)8-6(15)5(14)4(2-13)18-8/h1,4-6,8,13-15H,2H2,(H,11,16,17)/t4-,5-,6-,8+/m1/s1. The number of nitrogens with one attached hydrogen (secondary N) is 1. The Kier molecular flexibility index (Phi) is 3.97. The van der Waals surface area contributed by atoms with E-state index >= 15 is 0 Å². The summed E-state index contributed by atoms with van der Waals surface area (Å²) < 4.78 is 1.27. The normalized spacial score (nSPS) is 31.8. The molecule has 4 N–H and O–H groups in total. The summed E-state index contributed by atoms with van der Waals surface area (Å²) in [6.45, 7) is -0.307. The van der Waals surface area contributed by atoms with Crippen LogP contribution in [0.2, 0.25) is 0 Å². The maximum atomic E-state index is 11.6. The van der Waals surface area contributed by atoms with Crippen LogP contribution in [0.15, 0.2) is 20.3 Å². The van der Waals surface area contributed by atoms with E-state index in [-0.39, 0.29) is 11.1 Å². The van der Waals surface area contributed by atoms with E-state index in [1.54, 1.807) is 0 Å². The first-order valence-corrected chi connectivity index (χ1v) is 6.82. The molecule has 1 saturated heterocycles. The summed E-state index contributed by atoms with van der Waals surface area (Å²) in [6.07, 6.45) is -1.06. The molecule has 0 radical (unpaired) electrons. The van der Waals surface area contributed by atoms with Crippen LogP contribution < -0.4 is 11.2 Å². The highest BCUT2D eigenvalue weighted by molar-refractivity contribution is 9.10. The molecule has 1 fully saturated rings. The number of hydrogen-bond acceptors (Lipinski definition) is 6. The zero-order valence-corrected chi connectivity index (χ0v) is 11.4. The van der Waals surface area contributed by atoms with Crippen molar-refractivity contribution < 1.29 is 15.3 Å². The van der Waals surface area contributed by atoms with Gasteiger partial charge in [-0.25, -0.2) is 4.79 Å². The second-order valence-corrected chi connectivity index (χ2v) is 6.09. The molecule has 2 heterocycles. The van der Waals surface area contributed by atoms with Gasteiger partial charge in [0, 0.05) is 6.20 Å². The van der Waals surface area contributed by atoms with Crippen molar-refractivity contribution in [2.75, 3.05) is 6.61 Å². The molecular formula is C9H11BrN2O5S. The molecule has 1 aliphatic heterocycles. The third kappa shape index (κ3) is 2.28. The van der Waals surface area contributed by atoms with Gasteiger partial charge in [-0.2, -0.15) is 0 Å². The van der Waals surface area contributed by atoms with Gasteiger partial charge in [0.25, 0.3) is 5.56 Å². The Bertz CT molecular complexity index is 559. The first kappa shape index (κ1) is 13.8. The molecule has 1 aromatic rings. The number of nitrogens with zero attached hydrogens (tertiary/aromatic N) is 1. The van der Waals surface area contributed by atoms with Gasteiger partial charge in [-0.1, -0.05) is 0 Å². The zero-order chi connectivity index (χ0) is 13.4. The number of rotatable bonds is 2. The van der Waals surface area contributed by atoms with Gasteiger partial charge in [-0.05, 0) is 15.9 Å². The molecule has 1 aliphatic rings. The lowest BCUT2D eigenvalue weighted by Gasteiger charge is -2.17. The maximum absolute atomic E-state index is 11.6. The van der Waals surface area contributed by atoms with Crippen molar-refractivity contribution >= 4 is 27.7 Å². The van der Waals surface area contributed by atoms with E-state index in [9.17, 15) is 19.8 Å². The Morgan fingerprint density at radius 3 is 2.61 bits per heavy atom. The smallest absolute Gasteiger partial charge is 0.329 e. The van der Waals surface area contributed by atoms with Gasteiger partial charge < -0.3 is 15.3 Å². The Labute approximate surface area is 114 Å². The van der Waals surface area contributed by atoms with E-state index in [2.05, 4.69) is 20.9 Å². The highest BCUT2D eigenvalue weighted by atomic mass is 79.9. The number of hydrogen-bond donors (Lipinski definition) is 4. The minimum Gasteiger partial charge on any atom is -0.395 e. The lowest BCUT2D eigenvalue weighted by molar-refractivity contribution is 0.0101. The van der Waals surface area contributed by atoms with Crippen LogP contribution in [-0.2, 0) is 0 Å². The molecule has 0 unspecified atom stereocenters. The van der Waals surface area contributed by atoms with Crippen LogP contribution in [-0.4, -0.2) is 48.9 Å². The van der Waals surface area contributed by atoms with Gasteiger partial charge >= 0.3 is 5.69 Å². The van der Waals surface area contributed by atoms with Gasteiger partial charge in [-0.15, -0.1) is 11.8 Å². The van der Waals surface area contributed by atoms with E-state index in [1.165, 1.54) is 6.20 Å². The van der Waals surface area contributed by atoms with Crippen LogP contribution in [0.4, 0.5) is 0 Å². The summed E-state index contributed by atoms with van der Waals surface area (Å²) in [5.41, 5.74) is -1.24. The summed E-state index contributed by atoms with van der Waals surface area (Å²) >= 11 is 4.07. The average molecular weight is 339 g/mol. The second-order valence-electron chi connectivity index (χ2n) is 3.87. The molecule has 18 heavy (non-hydrogen) atoms. The quantitative estimate of drug-likeness (QED) is 0.528. The molecule has 7 nitrogen and oxygen atoms in total. The summed E-state index contributed by atoms with van der Waals surface area (Å²) in [5, 5.41) is 27.2. The van der Waals surface area contributed by atoms with Crippen LogP contribution >= 0.6 is 27.7 Å². The Balaban J connectivity index is 2.42. The molecular weight excluding hydrogens is 328 g/mol. The minimum atomic E-state index is -1.19. The predicted octanol–water partition coefficient (Wildman–Crippen LogP) is -1.37. The van der Waals surface area contributed by atoms with E-state index in [1.807, 2.05) is 0 Å². The number of halogens is 1. The molecule has 0 aliphatic carbocycles. The molecule has 0 aromatic carbocycles. The fraction of sp³-hybridized carbons (Fsp3) is 0.556. The zero-order valence-electron chi connectivity index (χ0n) is 8.99. The number of H-pyrrole nitrogens is 1. The topological polar surface area (TPSA) is 116 Å². The van der Waals surface area contributed by atoms with Crippen LogP contribution in [0.5, 0.6) is 0 Å². The predicted molar refractivity (Wildman–Crippen MR) is 68.5 cm³/mol. The van der Waals surface area contributed by atoms with E-state index < -0.39 is 34.1 Å². The monoisotopic (exact) mass is 338 g/mol. The summed E-state index contributed by atoms with van der Waals surface area (Å²) in [7, 11) is 0. The van der Waals surface area contributed by atoms with Gasteiger partial charge in [0.2, 0.25) is 0 Å². The first-order chi connectivity index (χ1) is 8.45. The fourth-order valence-corrected chi connectivity index (χ4v) is 3.46. The lowest BCUT2D eigenvalue weighted by atomic mass is 10.1. The number of aliphatic hydroxyl groups is 3. The summed E-state index contributed by atoms with van der Waals surface area (Å²) in [6, 6.07) is 0. The molecule has 0 bridgehead atoms. The second kappa shape index (κ2) is 5.17. The highest BCUT2D eigenvalue weighted by Gasteiger charge is 2.43. The number of thioether (sulfide) groups is 1. The van der Waals surface area contributed by atoms with Crippen molar-refractivity contribution in [1.82, 2.24) is 9.55 Å². The van der Waals surface area contributed by atoms with Gasteiger partial charge in [0.05, 0.1) is 22.4 Å². The van der Waals surface area contributed by atoms with Crippen molar-refractivity contribution in [1.29, 1.82) is 0 Å². The van der Waals surface area contributed by atoms with Crippen LogP contribution in [0.3, 0.4) is 0 Å². The van der Waals surface area contributed by atoms with Crippen molar-refractivity contribution in [3.8, 4) is 0 Å². The highest BCUT2D eigenvalue weighted by Crippen LogP contribution is 2.40. The third-order valence-electron chi connectivity index (χ3n) is 2.72. The summed E-state index contributed by atoms with van der Waals surface area (Å²) in [4.78, 5) is 24.9. The van der Waals surface area contributed by atoms with Gasteiger partial charge in [0.1, 0.15) is 11.5 Å². The van der Waals surface area contributed by atoms with E-state index in [0.717, 1.165) is 16.3 Å². The van der Waals surface area contributed by atoms with Crippen LogP contribution in [0.1, 0.15) is 5.37 Å². The lowest BCUT2D eigenvalue weighted by Crippen LogP contribution is -2.37. The SMILES string of the molecule is O=c1[nH]c(=O)n([C@H]2S[C@H](CO)[C@@H](O)[C@H]2O)cc1Br. The van der Waals surface area contributed by atoms with Gasteiger partial charge in [0.15, 0.2) is 0 Å². The van der Waals surface area contributed by atoms with Crippen molar-refractivity contribution in [2.45, 2.75) is 22.8 Å². The molecule has 0 saturated carbocycles. The summed E-state index contributed by atoms with van der Waals surface area (Å²) in [5.74, 6) is 0. The molecule has 100 valence electrons. The number of aliphatic hydroxyl groups excluding tert-OH is 3. The molecule has 9 heteroatoms. The molecule has 2 rings (SSSR count). The maximum Gasteiger partial charge on any atom is 0.329 e. The molecule has 1 aromatic heterocycles. The van der Waals surface area contributed by atoms with E-state index in [0.29, 0.717) is 0 Å². The van der Waals surface area contributed by atoms with Crippen molar-refractivity contribution in [3.63, 3.8) is 0 Å². The van der Waals surface area contributed by atoms with Crippen molar-refractivity contribution in [3.05, 3.63) is 31.5 Å². The van der Waals surface area contributed by atoms with Gasteiger partial charge in [-0.3, -0.25) is 14.3 Å². The molecule has 0 spiro atoms. The third-order valence-corrected chi connectivity index (χ3v) is 4.84. The number of aromatic nitrogens is 2. The van der Waals surface area contributed by atoms with Crippen molar-refractivity contribution in [2.24, 2.45) is 0 Å². The Morgan fingerprint density at radius 1 is 1.39 bits per heavy atom. The van der Waals surface area contributed by atoms with Crippen LogP contribution in [0.25, 0.3) is 0 Å². The largest absolute Gasteiger partial charge is 0.395 e.